The van der Waals surface area contributed by atoms with Gasteiger partial charge in [0.05, 0.1) is 5.92 Å². The fourth-order valence-corrected chi connectivity index (χ4v) is 4.52. The van der Waals surface area contributed by atoms with Crippen molar-refractivity contribution >= 4 is 15.7 Å². The highest BCUT2D eigenvalue weighted by molar-refractivity contribution is 6.34. The van der Waals surface area contributed by atoms with Crippen molar-refractivity contribution in [2.45, 2.75) is 38.1 Å². The van der Waals surface area contributed by atoms with Gasteiger partial charge in [-0.3, -0.25) is 4.79 Å². The number of hydrogen-bond donors (Lipinski definition) is 0. The molecule has 0 aliphatic carbocycles. The lowest BCUT2D eigenvalue weighted by Gasteiger charge is -2.20. The van der Waals surface area contributed by atoms with E-state index in [-0.39, 0.29) is 17.4 Å². The summed E-state index contributed by atoms with van der Waals surface area (Å²) in [6.45, 7) is 5.93. The van der Waals surface area contributed by atoms with E-state index in [1.165, 1.54) is 11.1 Å². The number of carbonyl (C=O) groups excluding carboxylic acids is 1. The van der Waals surface area contributed by atoms with Crippen LogP contribution in [0.1, 0.15) is 49.3 Å². The second kappa shape index (κ2) is 10.7. The molecule has 0 spiro atoms. The van der Waals surface area contributed by atoms with Crippen LogP contribution in [0, 0.1) is 5.92 Å². The molecule has 25 heavy (non-hydrogen) atoms. The summed E-state index contributed by atoms with van der Waals surface area (Å²) in [6.07, 6.45) is 5.56. The lowest BCUT2D eigenvalue weighted by Crippen LogP contribution is -2.23. The third-order valence-electron chi connectivity index (χ3n) is 4.49. The van der Waals surface area contributed by atoms with Gasteiger partial charge in [-0.1, -0.05) is 86.5 Å². The van der Waals surface area contributed by atoms with Gasteiger partial charge in [-0.2, -0.15) is 0 Å². The van der Waals surface area contributed by atoms with E-state index in [0.29, 0.717) is 6.42 Å². The molecule has 0 radical (unpaired) electrons. The summed E-state index contributed by atoms with van der Waals surface area (Å²) in [5.41, 5.74) is 2.64. The molecule has 0 aliphatic heterocycles. The molecule has 132 valence electrons. The van der Waals surface area contributed by atoms with E-state index in [1.807, 2.05) is 42.5 Å². The Morgan fingerprint density at radius 1 is 1.08 bits per heavy atom. The number of allylic oxidation sites excluding steroid dienone is 1. The molecule has 0 aliphatic rings. The lowest BCUT2D eigenvalue weighted by atomic mass is 9.99. The summed E-state index contributed by atoms with van der Waals surface area (Å²) >= 11 is 0. The maximum absolute atomic E-state index is 12.6. The summed E-state index contributed by atoms with van der Waals surface area (Å²) in [5, 5.41) is 0. The molecule has 2 aromatic rings. The molecule has 1 unspecified atom stereocenters. The van der Waals surface area contributed by atoms with Crippen LogP contribution in [0.15, 0.2) is 73.3 Å². The van der Waals surface area contributed by atoms with Crippen LogP contribution in [0.5, 0.6) is 0 Å². The number of rotatable bonds is 10. The van der Waals surface area contributed by atoms with E-state index >= 15 is 0 Å². The Morgan fingerprint density at radius 2 is 1.64 bits per heavy atom. The molecule has 0 heterocycles. The van der Waals surface area contributed by atoms with E-state index in [2.05, 4.69) is 37.8 Å². The third-order valence-corrected chi connectivity index (χ3v) is 6.21. The Bertz CT molecular complexity index is 600. The quantitative estimate of drug-likeness (QED) is 0.454. The molecule has 2 aromatic carbocycles. The van der Waals surface area contributed by atoms with Crippen LogP contribution < -0.4 is 0 Å². The summed E-state index contributed by atoms with van der Waals surface area (Å²) in [4.78, 5) is 12.6. The minimum atomic E-state index is -1.09. The zero-order valence-corrected chi connectivity index (χ0v) is 16.5. The van der Waals surface area contributed by atoms with Gasteiger partial charge in [-0.05, 0) is 24.0 Å². The minimum Gasteiger partial charge on any atom is -0.524 e. The topological polar surface area (TPSA) is 26.3 Å². The molecule has 0 aromatic heterocycles. The van der Waals surface area contributed by atoms with Crippen molar-refractivity contribution in [2.75, 3.05) is 0 Å². The summed E-state index contributed by atoms with van der Waals surface area (Å²) in [5.74, 6) is -0.0889. The first-order chi connectivity index (χ1) is 12.3. The number of hydrogen-bond acceptors (Lipinski definition) is 2. The highest BCUT2D eigenvalue weighted by Crippen LogP contribution is 2.24. The van der Waals surface area contributed by atoms with Gasteiger partial charge in [0.15, 0.2) is 0 Å². The van der Waals surface area contributed by atoms with Gasteiger partial charge in [0, 0.05) is 5.54 Å². The van der Waals surface area contributed by atoms with E-state index < -0.39 is 9.76 Å². The normalized spacial score (nSPS) is 12.4. The molecular formula is C22H28O2Si. The fourth-order valence-electron chi connectivity index (χ4n) is 3.02. The fraction of sp³-hybridized carbons (Fsp3) is 0.318. The van der Waals surface area contributed by atoms with Gasteiger partial charge < -0.3 is 4.43 Å². The largest absolute Gasteiger partial charge is 0.524 e. The van der Waals surface area contributed by atoms with Crippen LogP contribution in [-0.2, 0) is 9.22 Å². The minimum absolute atomic E-state index is 0.0443. The van der Waals surface area contributed by atoms with Crippen molar-refractivity contribution in [2.24, 2.45) is 5.92 Å². The molecule has 0 saturated heterocycles. The Labute approximate surface area is 153 Å². The van der Waals surface area contributed by atoms with Gasteiger partial charge in [0.1, 0.15) is 0 Å². The van der Waals surface area contributed by atoms with Gasteiger partial charge in [-0.15, -0.1) is 6.58 Å². The van der Waals surface area contributed by atoms with Crippen molar-refractivity contribution in [3.05, 3.63) is 84.4 Å². The molecule has 2 nitrogen and oxygen atoms in total. The summed E-state index contributed by atoms with van der Waals surface area (Å²) < 4.78 is 5.88. The van der Waals surface area contributed by atoms with Crippen molar-refractivity contribution in [3.63, 3.8) is 0 Å². The zero-order valence-electron chi connectivity index (χ0n) is 15.1. The SMILES string of the molecule is C=CCC(CCCC)C(=O)O[SiH2]C(c1ccccc1)c1ccccc1. The highest BCUT2D eigenvalue weighted by atomic mass is 28.2. The second-order valence-corrected chi connectivity index (χ2v) is 7.81. The molecule has 0 saturated carbocycles. The van der Waals surface area contributed by atoms with Crippen LogP contribution in [0.25, 0.3) is 0 Å². The van der Waals surface area contributed by atoms with Crippen LogP contribution in [0.4, 0.5) is 0 Å². The standard InChI is InChI=1S/C22H28O2Si/c1-3-5-13-20(12-4-2)22(23)24-25-21(18-14-8-6-9-15-18)19-16-10-7-11-17-19/h4,6-11,14-17,20-21H,2-3,5,12-13,25H2,1H3. The van der Waals surface area contributed by atoms with Crippen LogP contribution in [-0.4, -0.2) is 15.7 Å². The van der Waals surface area contributed by atoms with Crippen LogP contribution in [0.3, 0.4) is 0 Å². The first kappa shape index (κ1) is 19.2. The monoisotopic (exact) mass is 352 g/mol. The third kappa shape index (κ3) is 6.02. The van der Waals surface area contributed by atoms with Crippen molar-refractivity contribution in [3.8, 4) is 0 Å². The predicted octanol–water partition coefficient (Wildman–Crippen LogP) is 4.79. The molecule has 2 rings (SSSR count). The number of carbonyl (C=O) groups is 1. The van der Waals surface area contributed by atoms with Gasteiger partial charge >= 0.3 is 0 Å². The van der Waals surface area contributed by atoms with Crippen molar-refractivity contribution < 1.29 is 9.22 Å². The molecular weight excluding hydrogens is 324 g/mol. The first-order valence-corrected chi connectivity index (χ1v) is 10.5. The van der Waals surface area contributed by atoms with Crippen LogP contribution in [0.2, 0.25) is 0 Å². The van der Waals surface area contributed by atoms with E-state index in [4.69, 9.17) is 4.43 Å². The summed E-state index contributed by atoms with van der Waals surface area (Å²) in [7, 11) is -1.09. The van der Waals surface area contributed by atoms with E-state index in [9.17, 15) is 4.79 Å². The number of unbranched alkanes of at least 4 members (excludes halogenated alkanes) is 1. The van der Waals surface area contributed by atoms with Crippen LogP contribution >= 0.6 is 0 Å². The second-order valence-electron chi connectivity index (χ2n) is 6.37. The molecule has 0 amide bonds. The van der Waals surface area contributed by atoms with Gasteiger partial charge in [-0.25, -0.2) is 0 Å². The average molecular weight is 353 g/mol. The maximum atomic E-state index is 12.6. The van der Waals surface area contributed by atoms with Gasteiger partial charge in [0.25, 0.3) is 5.97 Å². The maximum Gasteiger partial charge on any atom is 0.295 e. The Hall–Kier alpha value is -2.13. The zero-order chi connectivity index (χ0) is 17.9. The predicted molar refractivity (Wildman–Crippen MR) is 107 cm³/mol. The Balaban J connectivity index is 2.09. The average Bonchev–Trinajstić information content (AvgIpc) is 2.67. The molecule has 3 heteroatoms. The Morgan fingerprint density at radius 3 is 2.12 bits per heavy atom. The summed E-state index contributed by atoms with van der Waals surface area (Å²) in [6, 6.07) is 20.7. The Kier molecular flexibility index (Phi) is 8.20. The number of benzene rings is 2. The molecule has 0 fully saturated rings. The molecule has 0 bridgehead atoms. The van der Waals surface area contributed by atoms with Gasteiger partial charge in [0.2, 0.25) is 9.76 Å². The van der Waals surface area contributed by atoms with Crippen molar-refractivity contribution in [1.29, 1.82) is 0 Å². The van der Waals surface area contributed by atoms with Crippen molar-refractivity contribution in [1.82, 2.24) is 0 Å². The highest BCUT2D eigenvalue weighted by Gasteiger charge is 2.22. The lowest BCUT2D eigenvalue weighted by molar-refractivity contribution is -0.139. The smallest absolute Gasteiger partial charge is 0.295 e. The van der Waals surface area contributed by atoms with E-state index in [0.717, 1.165) is 19.3 Å². The van der Waals surface area contributed by atoms with E-state index in [1.54, 1.807) is 0 Å². The molecule has 1 atom stereocenters. The first-order valence-electron chi connectivity index (χ1n) is 9.13. The molecule has 0 N–H and O–H groups in total.